The number of aromatic nitrogens is 1. The second-order valence-electron chi connectivity index (χ2n) is 5.31. The predicted molar refractivity (Wildman–Crippen MR) is 95.1 cm³/mol. The van der Waals surface area contributed by atoms with Gasteiger partial charge in [-0.05, 0) is 12.5 Å². The molecule has 3 rings (SSSR count). The monoisotopic (exact) mass is 363 g/mol. The molecule has 1 saturated heterocycles. The molecule has 1 aromatic heterocycles. The molecule has 0 radical (unpaired) electrons. The topological polar surface area (TPSA) is 71.5 Å². The van der Waals surface area contributed by atoms with Gasteiger partial charge in [0.25, 0.3) is 0 Å². The van der Waals surface area contributed by atoms with Gasteiger partial charge in [0.2, 0.25) is 5.91 Å². The molecule has 0 spiro atoms. The van der Waals surface area contributed by atoms with Crippen LogP contribution in [0.2, 0.25) is 0 Å². The van der Waals surface area contributed by atoms with Gasteiger partial charge >= 0.3 is 6.09 Å². The van der Waals surface area contributed by atoms with Crippen LogP contribution in [-0.4, -0.2) is 39.6 Å². The molecular weight excluding hydrogens is 346 g/mol. The SMILES string of the molecule is Cc1csc(NC(=O)[C@@H]2CSCN2C(=O)OCc2ccccc2)n1. The van der Waals surface area contributed by atoms with Gasteiger partial charge in [-0.25, -0.2) is 9.78 Å². The van der Waals surface area contributed by atoms with E-state index in [2.05, 4.69) is 10.3 Å². The number of rotatable bonds is 4. The van der Waals surface area contributed by atoms with Crippen LogP contribution in [0, 0.1) is 6.92 Å². The molecule has 2 heterocycles. The largest absolute Gasteiger partial charge is 0.445 e. The van der Waals surface area contributed by atoms with E-state index in [1.54, 1.807) is 0 Å². The van der Waals surface area contributed by atoms with Crippen molar-refractivity contribution in [2.45, 2.75) is 19.6 Å². The Morgan fingerprint density at radius 2 is 2.17 bits per heavy atom. The number of carbonyl (C=O) groups excluding carboxylic acids is 2. The Labute approximate surface area is 148 Å². The lowest BCUT2D eigenvalue weighted by Crippen LogP contribution is -2.44. The summed E-state index contributed by atoms with van der Waals surface area (Å²) in [5.74, 6) is 0.769. The first-order valence-corrected chi connectivity index (χ1v) is 9.45. The molecule has 2 aromatic rings. The van der Waals surface area contributed by atoms with Crippen LogP contribution >= 0.6 is 23.1 Å². The van der Waals surface area contributed by atoms with Crippen LogP contribution in [0.1, 0.15) is 11.3 Å². The third-order valence-corrected chi connectivity index (χ3v) is 5.36. The second-order valence-corrected chi connectivity index (χ2v) is 7.17. The van der Waals surface area contributed by atoms with Crippen LogP contribution in [0.15, 0.2) is 35.7 Å². The normalized spacial score (nSPS) is 16.9. The number of ether oxygens (including phenoxy) is 1. The Kier molecular flexibility index (Phi) is 5.37. The van der Waals surface area contributed by atoms with Crippen molar-refractivity contribution in [3.8, 4) is 0 Å². The third kappa shape index (κ3) is 4.07. The van der Waals surface area contributed by atoms with E-state index in [0.29, 0.717) is 16.8 Å². The third-order valence-electron chi connectivity index (χ3n) is 3.47. The summed E-state index contributed by atoms with van der Waals surface area (Å²) in [7, 11) is 0. The van der Waals surface area contributed by atoms with E-state index < -0.39 is 12.1 Å². The van der Waals surface area contributed by atoms with Gasteiger partial charge in [0.05, 0.1) is 11.6 Å². The highest BCUT2D eigenvalue weighted by Crippen LogP contribution is 2.24. The van der Waals surface area contributed by atoms with Crippen LogP contribution in [0.25, 0.3) is 0 Å². The first kappa shape index (κ1) is 16.8. The summed E-state index contributed by atoms with van der Waals surface area (Å²) in [5, 5.41) is 5.18. The molecule has 1 aliphatic rings. The summed E-state index contributed by atoms with van der Waals surface area (Å²) in [6.45, 7) is 2.06. The van der Waals surface area contributed by atoms with Gasteiger partial charge in [0.15, 0.2) is 5.13 Å². The summed E-state index contributed by atoms with van der Waals surface area (Å²) >= 11 is 2.90. The number of carbonyl (C=O) groups is 2. The molecule has 0 saturated carbocycles. The number of benzene rings is 1. The Bertz CT molecular complexity index is 720. The molecule has 6 nitrogen and oxygen atoms in total. The van der Waals surface area contributed by atoms with E-state index >= 15 is 0 Å². The number of nitrogens with zero attached hydrogens (tertiary/aromatic N) is 2. The fourth-order valence-corrected chi connectivity index (χ4v) is 4.08. The van der Waals surface area contributed by atoms with Crippen LogP contribution in [-0.2, 0) is 16.1 Å². The van der Waals surface area contributed by atoms with Crippen LogP contribution in [0.4, 0.5) is 9.93 Å². The van der Waals surface area contributed by atoms with Gasteiger partial charge in [-0.1, -0.05) is 30.3 Å². The van der Waals surface area contributed by atoms with E-state index in [-0.39, 0.29) is 12.5 Å². The molecule has 0 unspecified atom stereocenters. The Hall–Kier alpha value is -2.06. The van der Waals surface area contributed by atoms with Crippen LogP contribution in [0.5, 0.6) is 0 Å². The van der Waals surface area contributed by atoms with Crippen LogP contribution < -0.4 is 5.32 Å². The number of hydrogen-bond donors (Lipinski definition) is 1. The maximum absolute atomic E-state index is 12.4. The fraction of sp³-hybridized carbons (Fsp3) is 0.312. The summed E-state index contributed by atoms with van der Waals surface area (Å²) in [6.07, 6.45) is -0.473. The number of amides is 2. The minimum atomic E-state index is -0.539. The fourth-order valence-electron chi connectivity index (χ4n) is 2.24. The molecular formula is C16H17N3O3S2. The second kappa shape index (κ2) is 7.67. The number of thioether (sulfide) groups is 1. The van der Waals surface area contributed by atoms with Gasteiger partial charge in [0.1, 0.15) is 12.6 Å². The lowest BCUT2D eigenvalue weighted by Gasteiger charge is -2.22. The number of anilines is 1. The summed E-state index contributed by atoms with van der Waals surface area (Å²) in [4.78, 5) is 30.4. The van der Waals surface area contributed by atoms with Crippen molar-refractivity contribution in [3.05, 3.63) is 47.0 Å². The smallest absolute Gasteiger partial charge is 0.411 e. The maximum Gasteiger partial charge on any atom is 0.411 e. The number of thiazole rings is 1. The van der Waals surface area contributed by atoms with E-state index in [4.69, 9.17) is 4.74 Å². The number of hydrogen-bond acceptors (Lipinski definition) is 6. The van der Waals surface area contributed by atoms with Crippen molar-refractivity contribution in [2.24, 2.45) is 0 Å². The highest BCUT2D eigenvalue weighted by molar-refractivity contribution is 7.99. The Balaban J connectivity index is 1.57. The minimum absolute atomic E-state index is 0.195. The Morgan fingerprint density at radius 1 is 1.38 bits per heavy atom. The summed E-state index contributed by atoms with van der Waals surface area (Å²) in [5.41, 5.74) is 1.77. The molecule has 1 atom stereocenters. The number of aryl methyl sites for hydroxylation is 1. The average molecular weight is 363 g/mol. The lowest BCUT2D eigenvalue weighted by molar-refractivity contribution is -0.119. The van der Waals surface area contributed by atoms with Crippen molar-refractivity contribution in [2.75, 3.05) is 16.9 Å². The molecule has 0 aliphatic carbocycles. The molecule has 8 heteroatoms. The van der Waals surface area contributed by atoms with Crippen molar-refractivity contribution in [1.82, 2.24) is 9.88 Å². The van der Waals surface area contributed by atoms with Gasteiger partial charge in [-0.15, -0.1) is 23.1 Å². The van der Waals surface area contributed by atoms with Gasteiger partial charge in [-0.3, -0.25) is 9.69 Å². The maximum atomic E-state index is 12.4. The average Bonchev–Trinajstić information content (AvgIpc) is 3.22. The van der Waals surface area contributed by atoms with Gasteiger partial charge in [-0.2, -0.15) is 0 Å². The van der Waals surface area contributed by atoms with E-state index in [1.165, 1.54) is 28.0 Å². The zero-order valence-electron chi connectivity index (χ0n) is 13.1. The highest BCUT2D eigenvalue weighted by atomic mass is 32.2. The zero-order valence-corrected chi connectivity index (χ0v) is 14.7. The van der Waals surface area contributed by atoms with Crippen molar-refractivity contribution in [3.63, 3.8) is 0 Å². The van der Waals surface area contributed by atoms with E-state index in [0.717, 1.165) is 11.3 Å². The molecule has 1 aliphatic heterocycles. The lowest BCUT2D eigenvalue weighted by atomic mass is 10.2. The molecule has 2 amide bonds. The molecule has 0 bridgehead atoms. The quantitative estimate of drug-likeness (QED) is 0.904. The standard InChI is InChI=1S/C16H17N3O3S2/c1-11-8-24-15(17-11)18-14(20)13-9-23-10-19(13)16(21)22-7-12-5-3-2-4-6-12/h2-6,8,13H,7,9-10H2,1H3,(H,17,18,20)/t13-/m0/s1. The molecule has 1 fully saturated rings. The summed E-state index contributed by atoms with van der Waals surface area (Å²) < 4.78 is 5.33. The first-order chi connectivity index (χ1) is 11.6. The zero-order chi connectivity index (χ0) is 16.9. The minimum Gasteiger partial charge on any atom is -0.445 e. The van der Waals surface area contributed by atoms with Crippen molar-refractivity contribution in [1.29, 1.82) is 0 Å². The molecule has 1 N–H and O–H groups in total. The summed E-state index contributed by atoms with van der Waals surface area (Å²) in [6, 6.07) is 8.93. The van der Waals surface area contributed by atoms with Gasteiger partial charge < -0.3 is 10.1 Å². The van der Waals surface area contributed by atoms with Crippen LogP contribution in [0.3, 0.4) is 0 Å². The number of nitrogens with one attached hydrogen (secondary N) is 1. The van der Waals surface area contributed by atoms with Gasteiger partial charge in [0, 0.05) is 11.1 Å². The first-order valence-electron chi connectivity index (χ1n) is 7.41. The van der Waals surface area contributed by atoms with Crippen molar-refractivity contribution >= 4 is 40.2 Å². The Morgan fingerprint density at radius 3 is 2.88 bits per heavy atom. The van der Waals surface area contributed by atoms with E-state index in [1.807, 2.05) is 42.6 Å². The molecule has 126 valence electrons. The van der Waals surface area contributed by atoms with Crippen molar-refractivity contribution < 1.29 is 14.3 Å². The molecule has 1 aromatic carbocycles. The van der Waals surface area contributed by atoms with E-state index in [9.17, 15) is 9.59 Å². The highest BCUT2D eigenvalue weighted by Gasteiger charge is 2.36. The molecule has 24 heavy (non-hydrogen) atoms. The predicted octanol–water partition coefficient (Wildman–Crippen LogP) is 3.10.